The largest absolute Gasteiger partial charge is 0.341 e. The number of para-hydroxylation sites is 1. The van der Waals surface area contributed by atoms with Gasteiger partial charge in [0.25, 0.3) is 0 Å². The number of halogens is 1. The highest BCUT2D eigenvalue weighted by molar-refractivity contribution is 9.08. The van der Waals surface area contributed by atoms with Crippen LogP contribution in [-0.2, 0) is 11.8 Å². The molecule has 0 N–H and O–H groups in total. The summed E-state index contributed by atoms with van der Waals surface area (Å²) in [4.78, 5) is 2.49. The Labute approximate surface area is 129 Å². The molecule has 0 radical (unpaired) electrons. The molecular weight excluding hydrogens is 310 g/mol. The summed E-state index contributed by atoms with van der Waals surface area (Å²) in [5, 5.41) is 0.900. The lowest BCUT2D eigenvalue weighted by Crippen LogP contribution is -2.31. The van der Waals surface area contributed by atoms with E-state index in [0.717, 1.165) is 11.9 Å². The highest BCUT2D eigenvalue weighted by atomic mass is 79.9. The summed E-state index contributed by atoms with van der Waals surface area (Å²) in [7, 11) is 0. The SMILES string of the molecule is Cc1ccc(N2CC(C)Cc3ccccc32)c(CBr)c1. The molecule has 0 fully saturated rings. The number of benzene rings is 2. The van der Waals surface area contributed by atoms with Crippen molar-refractivity contribution in [3.05, 3.63) is 59.2 Å². The Balaban J connectivity index is 2.10. The van der Waals surface area contributed by atoms with Crippen LogP contribution < -0.4 is 4.90 Å². The second kappa shape index (κ2) is 5.61. The van der Waals surface area contributed by atoms with E-state index in [-0.39, 0.29) is 0 Å². The summed E-state index contributed by atoms with van der Waals surface area (Å²) in [6.07, 6.45) is 1.18. The lowest BCUT2D eigenvalue weighted by atomic mass is 9.93. The first kappa shape index (κ1) is 13.7. The molecule has 1 heterocycles. The topological polar surface area (TPSA) is 3.24 Å². The van der Waals surface area contributed by atoms with E-state index < -0.39 is 0 Å². The van der Waals surface area contributed by atoms with Crippen LogP contribution >= 0.6 is 15.9 Å². The van der Waals surface area contributed by atoms with Gasteiger partial charge in [0.05, 0.1) is 0 Å². The van der Waals surface area contributed by atoms with Crippen molar-refractivity contribution >= 4 is 27.3 Å². The Hall–Kier alpha value is -1.28. The summed E-state index contributed by atoms with van der Waals surface area (Å²) < 4.78 is 0. The van der Waals surface area contributed by atoms with Crippen LogP contribution in [0.1, 0.15) is 23.6 Å². The molecule has 0 aliphatic carbocycles. The molecular formula is C18H20BrN. The molecule has 0 amide bonds. The summed E-state index contributed by atoms with van der Waals surface area (Å²) >= 11 is 3.64. The van der Waals surface area contributed by atoms with Gasteiger partial charge < -0.3 is 4.90 Å². The van der Waals surface area contributed by atoms with Crippen molar-refractivity contribution in [2.75, 3.05) is 11.4 Å². The number of aryl methyl sites for hydroxylation is 1. The van der Waals surface area contributed by atoms with Crippen LogP contribution in [-0.4, -0.2) is 6.54 Å². The highest BCUT2D eigenvalue weighted by Gasteiger charge is 2.23. The maximum Gasteiger partial charge on any atom is 0.0452 e. The average Bonchev–Trinajstić information content (AvgIpc) is 2.46. The molecule has 2 aromatic rings. The predicted octanol–water partition coefficient (Wildman–Crippen LogP) is 5.22. The average molecular weight is 330 g/mol. The zero-order valence-electron chi connectivity index (χ0n) is 12.1. The molecule has 0 saturated carbocycles. The molecule has 0 spiro atoms. The molecule has 2 aromatic carbocycles. The fourth-order valence-corrected chi connectivity index (χ4v) is 3.56. The summed E-state index contributed by atoms with van der Waals surface area (Å²) in [6.45, 7) is 5.59. The molecule has 1 aliphatic heterocycles. The van der Waals surface area contributed by atoms with E-state index in [1.807, 2.05) is 0 Å². The Morgan fingerprint density at radius 2 is 1.95 bits per heavy atom. The van der Waals surface area contributed by atoms with Gasteiger partial charge in [-0.3, -0.25) is 0 Å². The van der Waals surface area contributed by atoms with Gasteiger partial charge >= 0.3 is 0 Å². The van der Waals surface area contributed by atoms with Gasteiger partial charge in [0.2, 0.25) is 0 Å². The van der Waals surface area contributed by atoms with Crippen molar-refractivity contribution in [1.29, 1.82) is 0 Å². The second-order valence-electron chi connectivity index (χ2n) is 5.81. The van der Waals surface area contributed by atoms with Gasteiger partial charge in [-0.2, -0.15) is 0 Å². The quantitative estimate of drug-likeness (QED) is 0.682. The molecule has 1 nitrogen and oxygen atoms in total. The van der Waals surface area contributed by atoms with Crippen molar-refractivity contribution in [2.24, 2.45) is 5.92 Å². The zero-order valence-corrected chi connectivity index (χ0v) is 13.7. The van der Waals surface area contributed by atoms with Crippen LogP contribution in [0.4, 0.5) is 11.4 Å². The minimum Gasteiger partial charge on any atom is -0.341 e. The van der Waals surface area contributed by atoms with Gasteiger partial charge in [0.15, 0.2) is 0 Å². The molecule has 2 heteroatoms. The smallest absolute Gasteiger partial charge is 0.0452 e. The van der Waals surface area contributed by atoms with E-state index in [1.54, 1.807) is 0 Å². The Kier molecular flexibility index (Phi) is 3.84. The molecule has 20 heavy (non-hydrogen) atoms. The first-order valence-electron chi connectivity index (χ1n) is 7.20. The van der Waals surface area contributed by atoms with E-state index in [2.05, 4.69) is 77.1 Å². The Morgan fingerprint density at radius 1 is 1.15 bits per heavy atom. The number of hydrogen-bond donors (Lipinski definition) is 0. The van der Waals surface area contributed by atoms with Crippen LogP contribution in [0.3, 0.4) is 0 Å². The number of fused-ring (bicyclic) bond motifs is 1. The number of nitrogens with zero attached hydrogens (tertiary/aromatic N) is 1. The fourth-order valence-electron chi connectivity index (χ4n) is 3.11. The fraction of sp³-hybridized carbons (Fsp3) is 0.333. The number of alkyl halides is 1. The molecule has 0 saturated heterocycles. The summed E-state index contributed by atoms with van der Waals surface area (Å²) in [5.74, 6) is 0.689. The van der Waals surface area contributed by atoms with Crippen LogP contribution in [0.2, 0.25) is 0 Å². The first-order chi connectivity index (χ1) is 9.69. The molecule has 1 aliphatic rings. The predicted molar refractivity (Wildman–Crippen MR) is 90.1 cm³/mol. The maximum absolute atomic E-state index is 3.64. The normalized spacial score (nSPS) is 17.9. The Bertz CT molecular complexity index is 621. The van der Waals surface area contributed by atoms with E-state index in [1.165, 1.54) is 34.5 Å². The second-order valence-corrected chi connectivity index (χ2v) is 6.38. The lowest BCUT2D eigenvalue weighted by molar-refractivity contribution is 0.562. The third kappa shape index (κ3) is 2.49. The highest BCUT2D eigenvalue weighted by Crippen LogP contribution is 2.37. The molecule has 0 aromatic heterocycles. The van der Waals surface area contributed by atoms with E-state index in [4.69, 9.17) is 0 Å². The van der Waals surface area contributed by atoms with Crippen LogP contribution in [0.25, 0.3) is 0 Å². The van der Waals surface area contributed by atoms with E-state index in [0.29, 0.717) is 5.92 Å². The van der Waals surface area contributed by atoms with Crippen LogP contribution in [0.5, 0.6) is 0 Å². The van der Waals surface area contributed by atoms with Gasteiger partial charge in [-0.1, -0.05) is 58.7 Å². The number of anilines is 2. The van der Waals surface area contributed by atoms with E-state index >= 15 is 0 Å². The van der Waals surface area contributed by atoms with Crippen molar-refractivity contribution in [3.8, 4) is 0 Å². The summed E-state index contributed by atoms with van der Waals surface area (Å²) in [6, 6.07) is 15.6. The van der Waals surface area contributed by atoms with Gasteiger partial charge in [-0.05, 0) is 42.5 Å². The first-order valence-corrected chi connectivity index (χ1v) is 8.32. The molecule has 1 unspecified atom stereocenters. The molecule has 1 atom stereocenters. The van der Waals surface area contributed by atoms with Gasteiger partial charge in [-0.15, -0.1) is 0 Å². The lowest BCUT2D eigenvalue weighted by Gasteiger charge is -2.36. The molecule has 104 valence electrons. The van der Waals surface area contributed by atoms with Gasteiger partial charge in [0, 0.05) is 23.2 Å². The minimum absolute atomic E-state index is 0.689. The minimum atomic E-state index is 0.689. The molecule has 0 bridgehead atoms. The van der Waals surface area contributed by atoms with Gasteiger partial charge in [-0.25, -0.2) is 0 Å². The molecule has 3 rings (SSSR count). The van der Waals surface area contributed by atoms with Crippen molar-refractivity contribution in [2.45, 2.75) is 25.6 Å². The third-order valence-corrected chi connectivity index (χ3v) is 4.62. The summed E-state index contributed by atoms with van der Waals surface area (Å²) in [5.41, 5.74) is 6.87. The Morgan fingerprint density at radius 3 is 2.75 bits per heavy atom. The van der Waals surface area contributed by atoms with Crippen molar-refractivity contribution in [1.82, 2.24) is 0 Å². The van der Waals surface area contributed by atoms with E-state index in [9.17, 15) is 0 Å². The number of hydrogen-bond acceptors (Lipinski definition) is 1. The van der Waals surface area contributed by atoms with Gasteiger partial charge in [0.1, 0.15) is 0 Å². The van der Waals surface area contributed by atoms with Crippen molar-refractivity contribution in [3.63, 3.8) is 0 Å². The third-order valence-electron chi connectivity index (χ3n) is 4.01. The number of rotatable bonds is 2. The maximum atomic E-state index is 3.64. The monoisotopic (exact) mass is 329 g/mol. The van der Waals surface area contributed by atoms with Crippen LogP contribution in [0, 0.1) is 12.8 Å². The van der Waals surface area contributed by atoms with Crippen molar-refractivity contribution < 1.29 is 0 Å². The zero-order chi connectivity index (χ0) is 14.1. The van der Waals surface area contributed by atoms with Crippen LogP contribution in [0.15, 0.2) is 42.5 Å². The standard InChI is InChI=1S/C18H20BrN/c1-13-7-8-18(16(9-13)11-19)20-12-14(2)10-15-5-3-4-6-17(15)20/h3-9,14H,10-12H2,1-2H3.